The lowest BCUT2D eigenvalue weighted by atomic mass is 9.77. The van der Waals surface area contributed by atoms with Crippen molar-refractivity contribution in [3.05, 3.63) is 149 Å². The fourth-order valence-electron chi connectivity index (χ4n) is 7.32. The van der Waals surface area contributed by atoms with Crippen LogP contribution in [0.2, 0.25) is 5.02 Å². The van der Waals surface area contributed by atoms with Gasteiger partial charge in [-0.3, -0.25) is 4.79 Å². The molecule has 280 valence electrons. The number of carbonyl (C=O) groups is 3. The molecule has 0 bridgehead atoms. The van der Waals surface area contributed by atoms with Crippen LogP contribution in [0.1, 0.15) is 54.2 Å². The molecule has 2 amide bonds. The van der Waals surface area contributed by atoms with Crippen LogP contribution in [0.5, 0.6) is 0 Å². The predicted molar refractivity (Wildman–Crippen MR) is 215 cm³/mol. The Kier molecular flexibility index (Phi) is 10.1. The average Bonchev–Trinajstić information content (AvgIpc) is 3.82. The zero-order valence-electron chi connectivity index (χ0n) is 31.1. The molecule has 1 aliphatic heterocycles. The summed E-state index contributed by atoms with van der Waals surface area (Å²) >= 11 is 6.78. The average molecular weight is 756 g/mol. The maximum absolute atomic E-state index is 14.2. The summed E-state index contributed by atoms with van der Waals surface area (Å²) in [5.41, 5.74) is 9.68. The highest BCUT2D eigenvalue weighted by Crippen LogP contribution is 2.44. The topological polar surface area (TPSA) is 129 Å². The second kappa shape index (κ2) is 14.9. The molecule has 1 fully saturated rings. The lowest BCUT2D eigenvalue weighted by Crippen LogP contribution is -2.38. The lowest BCUT2D eigenvalue weighted by molar-refractivity contribution is -0.119. The second-order valence-corrected chi connectivity index (χ2v) is 15.0. The first-order valence-electron chi connectivity index (χ1n) is 18.1. The number of amides is 2. The van der Waals surface area contributed by atoms with Gasteiger partial charge in [0.05, 0.1) is 29.1 Å². The number of carbonyl (C=O) groups excluding carboxylic acids is 3. The zero-order valence-corrected chi connectivity index (χ0v) is 31.8. The highest BCUT2D eigenvalue weighted by atomic mass is 35.5. The van der Waals surface area contributed by atoms with Crippen LogP contribution in [-0.4, -0.2) is 58.5 Å². The van der Waals surface area contributed by atoms with Gasteiger partial charge in [-0.05, 0) is 73.7 Å². The predicted octanol–water partition coefficient (Wildman–Crippen LogP) is 8.76. The van der Waals surface area contributed by atoms with E-state index in [0.29, 0.717) is 40.3 Å². The SMILES string of the molecule is COC(=O)c1cc(-c2ccc3c(c2)c(NC(=O)[C@@H]2CCN(C(=O)OC(C)(C)C)C2)nn3C(c2ccccc2)(c2ccccc2)c2ccccc2)c(Cl)cc1N. The van der Waals surface area contributed by atoms with Gasteiger partial charge in [-0.25, -0.2) is 14.3 Å². The molecular weight excluding hydrogens is 714 g/mol. The zero-order chi connectivity index (χ0) is 38.9. The van der Waals surface area contributed by atoms with Gasteiger partial charge in [0.1, 0.15) is 11.1 Å². The van der Waals surface area contributed by atoms with Gasteiger partial charge >= 0.3 is 12.1 Å². The van der Waals surface area contributed by atoms with Crippen LogP contribution in [0, 0.1) is 5.92 Å². The summed E-state index contributed by atoms with van der Waals surface area (Å²) in [6.07, 6.45) is 0.0149. The Bertz CT molecular complexity index is 2280. The fourth-order valence-corrected chi connectivity index (χ4v) is 7.60. The van der Waals surface area contributed by atoms with Crippen molar-refractivity contribution < 1.29 is 23.9 Å². The van der Waals surface area contributed by atoms with Gasteiger partial charge in [0.25, 0.3) is 0 Å². The van der Waals surface area contributed by atoms with Crippen LogP contribution in [-0.2, 0) is 19.8 Å². The van der Waals surface area contributed by atoms with Gasteiger partial charge in [0.2, 0.25) is 5.91 Å². The molecule has 11 heteroatoms. The quantitative estimate of drug-likeness (QED) is 0.0903. The maximum Gasteiger partial charge on any atom is 0.410 e. The number of fused-ring (bicyclic) bond motifs is 1. The molecule has 0 saturated carbocycles. The molecule has 1 saturated heterocycles. The minimum Gasteiger partial charge on any atom is -0.465 e. The van der Waals surface area contributed by atoms with Gasteiger partial charge in [0, 0.05) is 29.7 Å². The molecule has 7 rings (SSSR count). The molecule has 0 unspecified atom stereocenters. The normalized spacial score (nSPS) is 14.5. The number of anilines is 2. The Hall–Kier alpha value is -6.13. The summed E-state index contributed by atoms with van der Waals surface area (Å²) in [4.78, 5) is 41.3. The Morgan fingerprint density at radius 1 is 0.836 bits per heavy atom. The lowest BCUT2D eigenvalue weighted by Gasteiger charge is -2.37. The maximum atomic E-state index is 14.2. The van der Waals surface area contributed by atoms with E-state index in [-0.39, 0.29) is 23.7 Å². The largest absolute Gasteiger partial charge is 0.465 e. The van der Waals surface area contributed by atoms with E-state index in [9.17, 15) is 14.4 Å². The smallest absolute Gasteiger partial charge is 0.410 e. The van der Waals surface area contributed by atoms with E-state index in [1.54, 1.807) is 11.0 Å². The number of hydrogen-bond donors (Lipinski definition) is 2. The number of nitrogens with two attached hydrogens (primary N) is 1. The molecule has 0 spiro atoms. The van der Waals surface area contributed by atoms with E-state index in [4.69, 9.17) is 31.9 Å². The Balaban J connectivity index is 1.43. The fraction of sp³-hybridized carbons (Fsp3) is 0.227. The van der Waals surface area contributed by atoms with Crippen molar-refractivity contribution in [2.45, 2.75) is 38.3 Å². The minimum absolute atomic E-state index is 0.179. The van der Waals surface area contributed by atoms with Crippen LogP contribution in [0.3, 0.4) is 0 Å². The molecule has 0 aliphatic carbocycles. The first-order valence-corrected chi connectivity index (χ1v) is 18.4. The molecule has 5 aromatic carbocycles. The first-order chi connectivity index (χ1) is 26.4. The molecule has 0 radical (unpaired) electrons. The number of hydrogen-bond acceptors (Lipinski definition) is 7. The highest BCUT2D eigenvalue weighted by Gasteiger charge is 2.41. The van der Waals surface area contributed by atoms with E-state index >= 15 is 0 Å². The molecule has 2 heterocycles. The number of esters is 1. The number of nitrogens with one attached hydrogen (secondary N) is 1. The van der Waals surface area contributed by atoms with Crippen molar-refractivity contribution in [1.29, 1.82) is 0 Å². The van der Waals surface area contributed by atoms with Gasteiger partial charge in [0.15, 0.2) is 5.82 Å². The molecule has 1 aliphatic rings. The number of likely N-dealkylation sites (tertiary alicyclic amines) is 1. The van der Waals surface area contributed by atoms with Crippen molar-refractivity contribution >= 4 is 52.0 Å². The van der Waals surface area contributed by atoms with Crippen LogP contribution >= 0.6 is 11.6 Å². The number of ether oxygens (including phenoxy) is 2. The minimum atomic E-state index is -0.996. The van der Waals surface area contributed by atoms with E-state index < -0.39 is 29.1 Å². The van der Waals surface area contributed by atoms with Crippen LogP contribution in [0.25, 0.3) is 22.0 Å². The third-order valence-electron chi connectivity index (χ3n) is 9.88. The summed E-state index contributed by atoms with van der Waals surface area (Å²) in [6.45, 7) is 6.05. The van der Waals surface area contributed by atoms with Crippen LogP contribution in [0.15, 0.2) is 121 Å². The Morgan fingerprint density at radius 3 is 1.96 bits per heavy atom. The number of nitrogens with zero attached hydrogens (tertiary/aromatic N) is 3. The Labute approximate surface area is 324 Å². The molecular formula is C44H42ClN5O5. The van der Waals surface area contributed by atoms with E-state index in [2.05, 4.69) is 41.7 Å². The number of methoxy groups -OCH3 is 1. The molecule has 10 nitrogen and oxygen atoms in total. The number of benzene rings is 5. The van der Waals surface area contributed by atoms with Crippen molar-refractivity contribution in [3.8, 4) is 11.1 Å². The van der Waals surface area contributed by atoms with Crippen molar-refractivity contribution in [2.75, 3.05) is 31.2 Å². The van der Waals surface area contributed by atoms with Gasteiger partial charge in [-0.1, -0.05) is 109 Å². The number of halogens is 1. The number of nitrogen functional groups attached to an aromatic ring is 1. The van der Waals surface area contributed by atoms with Crippen molar-refractivity contribution in [3.63, 3.8) is 0 Å². The van der Waals surface area contributed by atoms with Crippen molar-refractivity contribution in [1.82, 2.24) is 14.7 Å². The molecule has 55 heavy (non-hydrogen) atoms. The highest BCUT2D eigenvalue weighted by molar-refractivity contribution is 6.34. The first kappa shape index (κ1) is 37.2. The second-order valence-electron chi connectivity index (χ2n) is 14.6. The molecule has 3 N–H and O–H groups in total. The summed E-state index contributed by atoms with van der Waals surface area (Å²) in [5.74, 6) is -1.03. The number of rotatable bonds is 8. The van der Waals surface area contributed by atoms with Gasteiger partial charge in [-0.2, -0.15) is 5.10 Å². The van der Waals surface area contributed by atoms with E-state index in [1.165, 1.54) is 13.2 Å². The number of aromatic nitrogens is 2. The van der Waals surface area contributed by atoms with Crippen LogP contribution < -0.4 is 11.1 Å². The summed E-state index contributed by atoms with van der Waals surface area (Å²) in [6, 6.07) is 39.3. The Morgan fingerprint density at radius 2 is 1.42 bits per heavy atom. The molecule has 1 aromatic heterocycles. The monoisotopic (exact) mass is 755 g/mol. The van der Waals surface area contributed by atoms with E-state index in [1.807, 2.05) is 98.2 Å². The summed E-state index contributed by atoms with van der Waals surface area (Å²) in [7, 11) is 1.29. The van der Waals surface area contributed by atoms with Crippen molar-refractivity contribution in [2.24, 2.45) is 5.92 Å². The van der Waals surface area contributed by atoms with E-state index in [0.717, 1.165) is 22.2 Å². The standard InChI is InChI=1S/C44H42ClN5O5/c1-43(2,3)55-42(53)49-23-22-29(27-49)40(51)47-39-35-24-28(33-25-34(41(52)54-4)37(46)26-36(33)45)20-21-38(35)50(48-39)44(30-14-8-5-9-15-30,31-16-10-6-11-17-31)32-18-12-7-13-19-32/h5-21,24-26,29H,22-23,27,46H2,1-4H3,(H,47,48,51)/t29-/m1/s1. The summed E-state index contributed by atoms with van der Waals surface area (Å²) < 4.78 is 12.5. The van der Waals surface area contributed by atoms with Gasteiger partial charge < -0.3 is 25.4 Å². The third-order valence-corrected chi connectivity index (χ3v) is 10.2. The molecule has 1 atom stereocenters. The van der Waals surface area contributed by atoms with Gasteiger partial charge in [-0.15, -0.1) is 0 Å². The van der Waals surface area contributed by atoms with Crippen LogP contribution in [0.4, 0.5) is 16.3 Å². The summed E-state index contributed by atoms with van der Waals surface area (Å²) in [5, 5.41) is 9.40. The third kappa shape index (κ3) is 7.13. The molecule has 6 aromatic rings.